The average molecular weight is 349 g/mol. The lowest BCUT2D eigenvalue weighted by Crippen LogP contribution is -1.86. The normalized spacial score (nSPS) is 10.0. The number of hydrogen-bond donors (Lipinski definition) is 0. The third-order valence-corrected chi connectivity index (χ3v) is 3.66. The van der Waals surface area contributed by atoms with Crippen LogP contribution in [0.25, 0.3) is 0 Å². The van der Waals surface area contributed by atoms with Crippen LogP contribution in [0.2, 0.25) is 0 Å². The van der Waals surface area contributed by atoms with E-state index in [1.54, 1.807) is 0 Å². The van der Waals surface area contributed by atoms with Gasteiger partial charge in [0.05, 0.1) is 7.29 Å². The minimum atomic E-state index is 0.0278. The van der Waals surface area contributed by atoms with Crippen LogP contribution in [0.15, 0.2) is 30.3 Å². The fourth-order valence-electron chi connectivity index (χ4n) is 2.46. The van der Waals surface area contributed by atoms with Gasteiger partial charge in [-0.2, -0.15) is 0 Å². The molecule has 0 radical (unpaired) electrons. The second-order valence-electron chi connectivity index (χ2n) is 5.49. The molecular weight excluding hydrogens is 318 g/mol. The maximum Gasteiger partial charge on any atom is 0.0713 e. The number of benzene rings is 1. The van der Waals surface area contributed by atoms with Crippen LogP contribution >= 0.6 is 29.8 Å². The summed E-state index contributed by atoms with van der Waals surface area (Å²) in [5.74, 6) is 0. The monoisotopic (exact) mass is 348 g/mol. The summed E-state index contributed by atoms with van der Waals surface area (Å²) >= 11 is 9.58. The molecule has 0 N–H and O–H groups in total. The number of rotatable bonds is 11. The van der Waals surface area contributed by atoms with E-state index < -0.39 is 0 Å². The molecule has 0 amide bonds. The zero-order chi connectivity index (χ0) is 15.6. The first-order valence-electron chi connectivity index (χ1n) is 8.35. The molecule has 0 aliphatic carbocycles. The van der Waals surface area contributed by atoms with Gasteiger partial charge in [0, 0.05) is 0 Å². The molecule has 122 valence electrons. The maximum absolute atomic E-state index is 4.79. The summed E-state index contributed by atoms with van der Waals surface area (Å²) in [6, 6.07) is 10.9. The lowest BCUT2D eigenvalue weighted by Gasteiger charge is -2.03. The molecule has 0 aliphatic rings. The third kappa shape index (κ3) is 16.4. The van der Waals surface area contributed by atoms with E-state index in [0.717, 1.165) is 0 Å². The van der Waals surface area contributed by atoms with Gasteiger partial charge in [-0.25, -0.2) is 0 Å². The molecule has 0 unspecified atom stereocenters. The molecule has 0 aliphatic heterocycles. The van der Waals surface area contributed by atoms with E-state index in [1.165, 1.54) is 76.2 Å². The van der Waals surface area contributed by atoms with Gasteiger partial charge >= 0.3 is 0 Å². The lowest BCUT2D eigenvalue weighted by atomic mass is 10.0. The molecular formula is C18H31Cl2P. The summed E-state index contributed by atoms with van der Waals surface area (Å²) in [6.07, 6.45) is 15.5. The Balaban J connectivity index is 0.00000122. The van der Waals surface area contributed by atoms with Crippen molar-refractivity contribution in [1.29, 1.82) is 0 Å². The van der Waals surface area contributed by atoms with Gasteiger partial charge in [-0.3, -0.25) is 0 Å². The van der Waals surface area contributed by atoms with Crippen molar-refractivity contribution in [2.24, 2.45) is 0 Å². The zero-order valence-electron chi connectivity index (χ0n) is 13.4. The van der Waals surface area contributed by atoms with Crippen molar-refractivity contribution in [3.8, 4) is 0 Å². The zero-order valence-corrected chi connectivity index (χ0v) is 15.9. The number of aryl methyl sites for hydroxylation is 1. The molecule has 0 spiro atoms. The predicted octanol–water partition coefficient (Wildman–Crippen LogP) is 8.12. The van der Waals surface area contributed by atoms with E-state index in [2.05, 4.69) is 37.3 Å². The minimum Gasteiger partial charge on any atom is -0.0818 e. The highest BCUT2D eigenvalue weighted by molar-refractivity contribution is 7.90. The smallest absolute Gasteiger partial charge is 0.0713 e. The van der Waals surface area contributed by atoms with E-state index in [-0.39, 0.29) is 7.29 Å². The van der Waals surface area contributed by atoms with Gasteiger partial charge in [0.2, 0.25) is 0 Å². The number of halogens is 2. The molecule has 1 rings (SSSR count). The van der Waals surface area contributed by atoms with Crippen LogP contribution in [-0.4, -0.2) is 0 Å². The summed E-state index contributed by atoms with van der Waals surface area (Å²) in [6.45, 7) is 2.28. The van der Waals surface area contributed by atoms with Crippen molar-refractivity contribution < 1.29 is 0 Å². The Bertz CT molecular complexity index is 291. The summed E-state index contributed by atoms with van der Waals surface area (Å²) in [5, 5.41) is 0. The Morgan fingerprint density at radius 2 is 1.14 bits per heavy atom. The standard InChI is InChI=1S/C18H30.Cl2HP/c1-2-3-4-5-6-7-8-9-10-12-15-18-16-13-11-14-17-18;1-3-2/h11,13-14,16-17H,2-10,12,15H2,1H3;3H. The SMILES string of the molecule is CCCCCCCCCCCCc1ccccc1.ClPCl. The Morgan fingerprint density at radius 1 is 0.714 bits per heavy atom. The van der Waals surface area contributed by atoms with Crippen LogP contribution in [-0.2, 0) is 6.42 Å². The first-order chi connectivity index (χ1) is 10.3. The fourth-order valence-corrected chi connectivity index (χ4v) is 2.46. The molecule has 1 aromatic rings. The summed E-state index contributed by atoms with van der Waals surface area (Å²) in [7, 11) is 0.0278. The van der Waals surface area contributed by atoms with Gasteiger partial charge in [0.1, 0.15) is 0 Å². The Hall–Kier alpha value is 0.230. The second-order valence-corrected chi connectivity index (χ2v) is 7.35. The molecule has 0 saturated carbocycles. The molecule has 0 fully saturated rings. The Labute approximate surface area is 143 Å². The van der Waals surface area contributed by atoms with Crippen molar-refractivity contribution in [1.82, 2.24) is 0 Å². The topological polar surface area (TPSA) is 0 Å². The van der Waals surface area contributed by atoms with Crippen LogP contribution in [0.5, 0.6) is 0 Å². The molecule has 0 aromatic heterocycles. The molecule has 0 heterocycles. The number of unbranched alkanes of at least 4 members (excludes halogenated alkanes) is 9. The molecule has 0 bridgehead atoms. The van der Waals surface area contributed by atoms with Crippen LogP contribution < -0.4 is 0 Å². The molecule has 0 nitrogen and oxygen atoms in total. The summed E-state index contributed by atoms with van der Waals surface area (Å²) in [4.78, 5) is 0. The van der Waals surface area contributed by atoms with Crippen molar-refractivity contribution in [2.75, 3.05) is 0 Å². The Kier molecular flexibility index (Phi) is 18.5. The first kappa shape index (κ1) is 21.2. The quantitative estimate of drug-likeness (QED) is 0.279. The van der Waals surface area contributed by atoms with Gasteiger partial charge in [-0.05, 0) is 18.4 Å². The predicted molar refractivity (Wildman–Crippen MR) is 102 cm³/mol. The van der Waals surface area contributed by atoms with Crippen LogP contribution in [0.3, 0.4) is 0 Å². The highest BCUT2D eigenvalue weighted by Crippen LogP contribution is 2.19. The average Bonchev–Trinajstić information content (AvgIpc) is 2.51. The Morgan fingerprint density at radius 3 is 1.62 bits per heavy atom. The van der Waals surface area contributed by atoms with Crippen molar-refractivity contribution in [2.45, 2.75) is 77.6 Å². The van der Waals surface area contributed by atoms with E-state index in [1.807, 2.05) is 0 Å². The second kappa shape index (κ2) is 18.3. The maximum atomic E-state index is 4.79. The van der Waals surface area contributed by atoms with Gasteiger partial charge in [0.15, 0.2) is 0 Å². The van der Waals surface area contributed by atoms with Crippen LogP contribution in [0.4, 0.5) is 0 Å². The van der Waals surface area contributed by atoms with E-state index in [4.69, 9.17) is 22.5 Å². The van der Waals surface area contributed by atoms with Gasteiger partial charge < -0.3 is 0 Å². The molecule has 3 heteroatoms. The highest BCUT2D eigenvalue weighted by Gasteiger charge is 1.94. The van der Waals surface area contributed by atoms with Crippen molar-refractivity contribution in [3.63, 3.8) is 0 Å². The highest BCUT2D eigenvalue weighted by atomic mass is 35.9. The van der Waals surface area contributed by atoms with Gasteiger partial charge in [0.25, 0.3) is 0 Å². The number of hydrogen-bond acceptors (Lipinski definition) is 0. The van der Waals surface area contributed by atoms with Crippen molar-refractivity contribution >= 4 is 29.8 Å². The van der Waals surface area contributed by atoms with E-state index >= 15 is 0 Å². The third-order valence-electron chi connectivity index (χ3n) is 3.66. The van der Waals surface area contributed by atoms with Crippen LogP contribution in [0, 0.1) is 0 Å². The van der Waals surface area contributed by atoms with Gasteiger partial charge in [-0.15, -0.1) is 0 Å². The summed E-state index contributed by atoms with van der Waals surface area (Å²) in [5.41, 5.74) is 1.50. The lowest BCUT2D eigenvalue weighted by molar-refractivity contribution is 0.556. The van der Waals surface area contributed by atoms with Gasteiger partial charge in [-0.1, -0.05) is 118 Å². The van der Waals surface area contributed by atoms with E-state index in [9.17, 15) is 0 Å². The molecule has 1 aromatic carbocycles. The molecule has 0 saturated heterocycles. The molecule has 21 heavy (non-hydrogen) atoms. The fraction of sp³-hybridized carbons (Fsp3) is 0.667. The van der Waals surface area contributed by atoms with Crippen molar-refractivity contribution in [3.05, 3.63) is 35.9 Å². The van der Waals surface area contributed by atoms with E-state index in [0.29, 0.717) is 0 Å². The largest absolute Gasteiger partial charge is 0.0818 e. The first-order valence-corrected chi connectivity index (χ1v) is 11.4. The van der Waals surface area contributed by atoms with Crippen LogP contribution in [0.1, 0.15) is 76.7 Å². The summed E-state index contributed by atoms with van der Waals surface area (Å²) < 4.78 is 0. The molecule has 0 atom stereocenters. The minimum absolute atomic E-state index is 0.0278.